The normalized spacial score (nSPS) is 10.5. The van der Waals surface area contributed by atoms with Crippen LogP contribution < -0.4 is 0 Å². The maximum Gasteiger partial charge on any atom is 0.320 e. The lowest BCUT2D eigenvalue weighted by molar-refractivity contribution is -0.137. The Kier molecular flexibility index (Phi) is 8.30. The summed E-state index contributed by atoms with van der Waals surface area (Å²) in [5.41, 5.74) is 0. The highest BCUT2D eigenvalue weighted by molar-refractivity contribution is 7.75. The van der Waals surface area contributed by atoms with Gasteiger partial charge in [0.05, 0.1) is 5.92 Å². The van der Waals surface area contributed by atoms with Crippen LogP contribution in [0.15, 0.2) is 0 Å². The molecule has 0 unspecified atom stereocenters. The van der Waals surface area contributed by atoms with Crippen molar-refractivity contribution >= 4 is 18.9 Å². The van der Waals surface area contributed by atoms with E-state index in [2.05, 4.69) is 30.9 Å². The van der Waals surface area contributed by atoms with Gasteiger partial charge in [-0.25, -0.2) is 0 Å². The molecule has 0 aromatic rings. The van der Waals surface area contributed by atoms with Crippen LogP contribution in [-0.2, 0) is 8.98 Å². The van der Waals surface area contributed by atoms with E-state index in [0.717, 1.165) is 38.5 Å². The van der Waals surface area contributed by atoms with Gasteiger partial charge in [0.2, 0.25) is 0 Å². The number of hydrogen-bond acceptors (Lipinski definition) is 3. The number of thiol groups is 1. The molecule has 0 radical (unpaired) electrons. The van der Waals surface area contributed by atoms with Crippen LogP contribution in [0.1, 0.15) is 52.4 Å². The Bertz CT molecular complexity index is 129. The van der Waals surface area contributed by atoms with E-state index in [0.29, 0.717) is 0 Å². The molecule has 0 bridgehead atoms. The molecule has 0 aromatic heterocycles. The van der Waals surface area contributed by atoms with Crippen molar-refractivity contribution in [2.45, 2.75) is 52.4 Å². The summed E-state index contributed by atoms with van der Waals surface area (Å²) in [6.45, 7) is 4.26. The molecule has 0 aliphatic rings. The van der Waals surface area contributed by atoms with Gasteiger partial charge in [-0.15, -0.1) is 0 Å². The molecule has 0 amide bonds. The molecule has 0 N–H and O–H groups in total. The van der Waals surface area contributed by atoms with Crippen molar-refractivity contribution in [3.63, 3.8) is 0 Å². The summed E-state index contributed by atoms with van der Waals surface area (Å²) in [7, 11) is 0. The zero-order valence-corrected chi connectivity index (χ0v) is 9.48. The molecule has 0 fully saturated rings. The largest absolute Gasteiger partial charge is 0.394 e. The van der Waals surface area contributed by atoms with Gasteiger partial charge in [-0.3, -0.25) is 4.79 Å². The molecular formula is C10H20O2S. The Morgan fingerprint density at radius 3 is 2.00 bits per heavy atom. The van der Waals surface area contributed by atoms with Crippen molar-refractivity contribution in [2.24, 2.45) is 5.92 Å². The van der Waals surface area contributed by atoms with Gasteiger partial charge >= 0.3 is 5.97 Å². The van der Waals surface area contributed by atoms with Crippen molar-refractivity contribution < 1.29 is 8.98 Å². The summed E-state index contributed by atoms with van der Waals surface area (Å²) in [4.78, 5) is 11.2. The van der Waals surface area contributed by atoms with Gasteiger partial charge in [0.1, 0.15) is 0 Å². The van der Waals surface area contributed by atoms with E-state index in [9.17, 15) is 4.79 Å². The number of rotatable bonds is 7. The molecule has 0 aliphatic heterocycles. The number of unbranched alkanes of at least 4 members (excludes halogenated alkanes) is 2. The Balaban J connectivity index is 3.79. The molecule has 0 saturated heterocycles. The summed E-state index contributed by atoms with van der Waals surface area (Å²) in [5.74, 6) is -0.0948. The standard InChI is InChI=1S/C10H20O2S/c1-3-5-7-9(8-6-4-2)10(11)12-13/h9,13H,3-8H2,1-2H3. The molecule has 13 heavy (non-hydrogen) atoms. The zero-order valence-electron chi connectivity index (χ0n) is 8.58. The van der Waals surface area contributed by atoms with Crippen molar-refractivity contribution in [3.05, 3.63) is 0 Å². The summed E-state index contributed by atoms with van der Waals surface area (Å²) < 4.78 is 4.46. The molecule has 78 valence electrons. The molecule has 0 rings (SSSR count). The minimum Gasteiger partial charge on any atom is -0.394 e. The predicted octanol–water partition coefficient (Wildman–Crippen LogP) is 3.37. The minimum absolute atomic E-state index is 0.0670. The second-order valence-corrected chi connectivity index (χ2v) is 3.57. The molecule has 0 spiro atoms. The molecule has 0 saturated carbocycles. The lowest BCUT2D eigenvalue weighted by atomic mass is 9.96. The van der Waals surface area contributed by atoms with Crippen LogP contribution in [0, 0.1) is 5.92 Å². The second-order valence-electron chi connectivity index (χ2n) is 3.39. The van der Waals surface area contributed by atoms with E-state index >= 15 is 0 Å². The predicted molar refractivity (Wildman–Crippen MR) is 57.6 cm³/mol. The lowest BCUT2D eigenvalue weighted by Crippen LogP contribution is -2.14. The fraction of sp³-hybridized carbons (Fsp3) is 0.900. The van der Waals surface area contributed by atoms with Gasteiger partial charge in [0.15, 0.2) is 0 Å². The van der Waals surface area contributed by atoms with Crippen LogP contribution in [0.2, 0.25) is 0 Å². The van der Waals surface area contributed by atoms with Crippen LogP contribution in [0.5, 0.6) is 0 Å². The van der Waals surface area contributed by atoms with Gasteiger partial charge in [-0.1, -0.05) is 39.5 Å². The first-order valence-corrected chi connectivity index (χ1v) is 5.48. The van der Waals surface area contributed by atoms with Crippen LogP contribution in [0.4, 0.5) is 0 Å². The highest BCUT2D eigenvalue weighted by Crippen LogP contribution is 2.18. The Hall–Kier alpha value is -0.180. The van der Waals surface area contributed by atoms with Crippen LogP contribution in [0.3, 0.4) is 0 Å². The van der Waals surface area contributed by atoms with E-state index in [1.54, 1.807) is 0 Å². The van der Waals surface area contributed by atoms with Gasteiger partial charge in [0.25, 0.3) is 0 Å². The average molecular weight is 204 g/mol. The SMILES string of the molecule is CCCCC(CCCC)C(=O)OS. The third-order valence-electron chi connectivity index (χ3n) is 2.24. The Morgan fingerprint density at radius 2 is 1.69 bits per heavy atom. The number of carbonyl (C=O) groups excluding carboxylic acids is 1. The third kappa shape index (κ3) is 5.97. The van der Waals surface area contributed by atoms with Crippen molar-refractivity contribution in [3.8, 4) is 0 Å². The van der Waals surface area contributed by atoms with Gasteiger partial charge in [-0.05, 0) is 12.8 Å². The van der Waals surface area contributed by atoms with E-state index < -0.39 is 0 Å². The maximum atomic E-state index is 11.2. The summed E-state index contributed by atoms with van der Waals surface area (Å²) in [6, 6.07) is 0. The third-order valence-corrected chi connectivity index (χ3v) is 2.42. The summed E-state index contributed by atoms with van der Waals surface area (Å²) in [6.07, 6.45) is 6.32. The van der Waals surface area contributed by atoms with Crippen LogP contribution in [0.25, 0.3) is 0 Å². The van der Waals surface area contributed by atoms with Crippen LogP contribution in [-0.4, -0.2) is 5.97 Å². The van der Waals surface area contributed by atoms with Crippen molar-refractivity contribution in [1.29, 1.82) is 0 Å². The Morgan fingerprint density at radius 1 is 1.23 bits per heavy atom. The van der Waals surface area contributed by atoms with Gasteiger partial charge in [-0.2, -0.15) is 0 Å². The first-order chi connectivity index (χ1) is 6.26. The quantitative estimate of drug-likeness (QED) is 0.508. The lowest BCUT2D eigenvalue weighted by Gasteiger charge is -2.12. The maximum absolute atomic E-state index is 11.2. The molecule has 2 nitrogen and oxygen atoms in total. The van der Waals surface area contributed by atoms with Gasteiger partial charge < -0.3 is 4.18 Å². The number of hydrogen-bond donors (Lipinski definition) is 1. The second kappa shape index (κ2) is 8.42. The topological polar surface area (TPSA) is 26.3 Å². The fourth-order valence-corrected chi connectivity index (χ4v) is 1.50. The fourth-order valence-electron chi connectivity index (χ4n) is 1.36. The number of carbonyl (C=O) groups is 1. The Labute approximate surface area is 86.7 Å². The molecule has 0 aromatic carbocycles. The van der Waals surface area contributed by atoms with Crippen molar-refractivity contribution in [2.75, 3.05) is 0 Å². The molecule has 0 atom stereocenters. The van der Waals surface area contributed by atoms with Crippen LogP contribution >= 0.6 is 12.9 Å². The smallest absolute Gasteiger partial charge is 0.320 e. The molecule has 0 aliphatic carbocycles. The van der Waals surface area contributed by atoms with E-state index in [4.69, 9.17) is 0 Å². The molecule has 3 heteroatoms. The summed E-state index contributed by atoms with van der Waals surface area (Å²) >= 11 is 3.55. The molecular weight excluding hydrogens is 184 g/mol. The van der Waals surface area contributed by atoms with E-state index in [1.165, 1.54) is 0 Å². The molecule has 0 heterocycles. The zero-order chi connectivity index (χ0) is 10.1. The van der Waals surface area contributed by atoms with E-state index in [1.807, 2.05) is 0 Å². The summed E-state index contributed by atoms with van der Waals surface area (Å²) in [5, 5.41) is 0. The first kappa shape index (κ1) is 12.8. The highest BCUT2D eigenvalue weighted by Gasteiger charge is 2.17. The average Bonchev–Trinajstić information content (AvgIpc) is 2.17. The monoisotopic (exact) mass is 204 g/mol. The van der Waals surface area contributed by atoms with Gasteiger partial charge in [0, 0.05) is 12.9 Å². The van der Waals surface area contributed by atoms with E-state index in [-0.39, 0.29) is 11.9 Å². The first-order valence-electron chi connectivity index (χ1n) is 5.11. The van der Waals surface area contributed by atoms with Crippen molar-refractivity contribution in [1.82, 2.24) is 0 Å². The minimum atomic E-state index is -0.162. The highest BCUT2D eigenvalue weighted by atomic mass is 32.1.